The SMILES string of the molecule is Cc1cc(O)c([C@@H]2O[C@H](CO)[C@@H](O)C(O)[C@H]2O)cc1Cc1ccc(CCCC(=O)NCCCN)cc1. The summed E-state index contributed by atoms with van der Waals surface area (Å²) in [4.78, 5) is 11.8. The van der Waals surface area contributed by atoms with Crippen LogP contribution in [0.3, 0.4) is 0 Å². The van der Waals surface area contributed by atoms with E-state index in [0.717, 1.165) is 41.5 Å². The summed E-state index contributed by atoms with van der Waals surface area (Å²) in [5.41, 5.74) is 9.66. The van der Waals surface area contributed by atoms with Crippen molar-refractivity contribution < 1.29 is 35.1 Å². The van der Waals surface area contributed by atoms with E-state index in [1.54, 1.807) is 12.1 Å². The van der Waals surface area contributed by atoms with Crippen LogP contribution in [0.2, 0.25) is 0 Å². The molecule has 3 rings (SSSR count). The number of carbonyl (C=O) groups excluding carboxylic acids is 1. The molecule has 9 nitrogen and oxygen atoms in total. The minimum absolute atomic E-state index is 0.0399. The molecule has 1 unspecified atom stereocenters. The van der Waals surface area contributed by atoms with Crippen molar-refractivity contribution in [3.8, 4) is 5.75 Å². The van der Waals surface area contributed by atoms with Gasteiger partial charge in [0.15, 0.2) is 0 Å². The lowest BCUT2D eigenvalue weighted by Crippen LogP contribution is -2.55. The lowest BCUT2D eigenvalue weighted by molar-refractivity contribution is -0.232. The predicted molar refractivity (Wildman–Crippen MR) is 134 cm³/mol. The Morgan fingerprint density at radius 3 is 2.39 bits per heavy atom. The largest absolute Gasteiger partial charge is 0.508 e. The fourth-order valence-electron chi connectivity index (χ4n) is 4.45. The first kappa shape index (κ1) is 28.0. The number of nitrogens with two attached hydrogens (primary N) is 1. The Morgan fingerprint density at radius 1 is 1.03 bits per heavy atom. The normalized spacial score (nSPS) is 24.0. The van der Waals surface area contributed by atoms with Crippen molar-refractivity contribution in [1.82, 2.24) is 5.32 Å². The maximum atomic E-state index is 11.8. The molecule has 8 N–H and O–H groups in total. The second kappa shape index (κ2) is 13.1. The first-order valence-electron chi connectivity index (χ1n) is 12.4. The number of amides is 1. The third-order valence-electron chi connectivity index (χ3n) is 6.67. The first-order chi connectivity index (χ1) is 17.2. The van der Waals surface area contributed by atoms with Crippen molar-refractivity contribution in [2.75, 3.05) is 19.7 Å². The Kier molecular flexibility index (Phi) is 10.2. The number of rotatable bonds is 11. The topological polar surface area (TPSA) is 166 Å². The number of carbonyl (C=O) groups is 1. The summed E-state index contributed by atoms with van der Waals surface area (Å²) in [5.74, 6) is -0.0546. The van der Waals surface area contributed by atoms with E-state index in [-0.39, 0.29) is 17.2 Å². The molecule has 2 aromatic carbocycles. The van der Waals surface area contributed by atoms with Crippen LogP contribution in [0.4, 0.5) is 0 Å². The molecule has 36 heavy (non-hydrogen) atoms. The number of ether oxygens (including phenoxy) is 1. The van der Waals surface area contributed by atoms with Crippen LogP contribution in [-0.2, 0) is 22.4 Å². The molecule has 9 heteroatoms. The van der Waals surface area contributed by atoms with Crippen molar-refractivity contribution >= 4 is 5.91 Å². The van der Waals surface area contributed by atoms with E-state index in [0.29, 0.717) is 25.9 Å². The number of phenolic OH excluding ortho intramolecular Hbond substituents is 1. The zero-order valence-electron chi connectivity index (χ0n) is 20.6. The molecule has 198 valence electrons. The van der Waals surface area contributed by atoms with Crippen LogP contribution in [0.15, 0.2) is 36.4 Å². The molecule has 1 saturated heterocycles. The van der Waals surface area contributed by atoms with Crippen LogP contribution in [0.1, 0.15) is 53.2 Å². The number of aliphatic hydroxyl groups excluding tert-OH is 4. The Hall–Kier alpha value is -2.53. The van der Waals surface area contributed by atoms with Crippen molar-refractivity contribution in [2.45, 2.75) is 69.5 Å². The number of phenols is 1. The van der Waals surface area contributed by atoms with Gasteiger partial charge in [0, 0.05) is 18.5 Å². The van der Waals surface area contributed by atoms with Crippen molar-refractivity contribution in [1.29, 1.82) is 0 Å². The highest BCUT2D eigenvalue weighted by Gasteiger charge is 2.44. The van der Waals surface area contributed by atoms with Gasteiger partial charge in [-0.25, -0.2) is 0 Å². The maximum Gasteiger partial charge on any atom is 0.220 e. The minimum Gasteiger partial charge on any atom is -0.508 e. The third kappa shape index (κ3) is 7.03. The average Bonchev–Trinajstić information content (AvgIpc) is 2.86. The molecule has 0 bridgehead atoms. The number of aryl methyl sites for hydroxylation is 2. The van der Waals surface area contributed by atoms with Gasteiger partial charge in [0.25, 0.3) is 0 Å². The van der Waals surface area contributed by atoms with E-state index in [4.69, 9.17) is 10.5 Å². The van der Waals surface area contributed by atoms with Gasteiger partial charge < -0.3 is 41.3 Å². The fraction of sp³-hybridized carbons (Fsp3) is 0.519. The Bertz CT molecular complexity index is 996. The van der Waals surface area contributed by atoms with Gasteiger partial charge in [-0.2, -0.15) is 0 Å². The van der Waals surface area contributed by atoms with Crippen molar-refractivity contribution in [3.63, 3.8) is 0 Å². The lowest BCUT2D eigenvalue weighted by Gasteiger charge is -2.40. The maximum absolute atomic E-state index is 11.8. The molecule has 2 aromatic rings. The molecule has 0 saturated carbocycles. The number of aromatic hydroxyl groups is 1. The summed E-state index contributed by atoms with van der Waals surface area (Å²) in [6.45, 7) is 2.51. The van der Waals surface area contributed by atoms with Gasteiger partial charge in [0.1, 0.15) is 36.3 Å². The first-order valence-corrected chi connectivity index (χ1v) is 12.4. The van der Waals surface area contributed by atoms with Gasteiger partial charge >= 0.3 is 0 Å². The Labute approximate surface area is 211 Å². The predicted octanol–water partition coefficient (Wildman–Crippen LogP) is 0.594. The minimum atomic E-state index is -1.52. The molecule has 1 amide bonds. The van der Waals surface area contributed by atoms with Crippen LogP contribution in [0, 0.1) is 6.92 Å². The fourth-order valence-corrected chi connectivity index (χ4v) is 4.45. The second-order valence-corrected chi connectivity index (χ2v) is 9.43. The van der Waals surface area contributed by atoms with E-state index in [2.05, 4.69) is 5.32 Å². The van der Waals surface area contributed by atoms with Gasteiger partial charge in [-0.05, 0) is 73.5 Å². The Balaban J connectivity index is 1.65. The molecule has 1 aliphatic rings. The molecule has 0 aliphatic carbocycles. The number of benzene rings is 2. The van der Waals surface area contributed by atoms with Crippen molar-refractivity contribution in [3.05, 3.63) is 64.2 Å². The van der Waals surface area contributed by atoms with Gasteiger partial charge in [-0.15, -0.1) is 0 Å². The van der Waals surface area contributed by atoms with E-state index >= 15 is 0 Å². The van der Waals surface area contributed by atoms with Gasteiger partial charge in [-0.1, -0.05) is 24.3 Å². The molecule has 1 heterocycles. The average molecular weight is 503 g/mol. The highest BCUT2D eigenvalue weighted by atomic mass is 16.5. The number of hydrogen-bond acceptors (Lipinski definition) is 8. The molecule has 0 aromatic heterocycles. The molecular formula is C27H38N2O7. The van der Waals surface area contributed by atoms with E-state index in [1.807, 2.05) is 31.2 Å². The molecule has 0 spiro atoms. The van der Waals surface area contributed by atoms with Crippen LogP contribution in [0.5, 0.6) is 5.75 Å². The number of hydrogen-bond donors (Lipinski definition) is 7. The standard InChI is InChI=1S/C27H38N2O7/c1-16-12-21(31)20(27-26(35)25(34)24(33)22(15-30)36-27)14-19(16)13-18-8-6-17(7-9-18)4-2-5-23(32)29-11-3-10-28/h6-9,12,14,22,24-27,30-31,33-35H,2-5,10-11,13,15,28H2,1H3,(H,29,32)/t22-,24-,25?,26-,27+/m1/s1. The molecular weight excluding hydrogens is 464 g/mol. The van der Waals surface area contributed by atoms with E-state index < -0.39 is 37.1 Å². The van der Waals surface area contributed by atoms with Crippen molar-refractivity contribution in [2.24, 2.45) is 5.73 Å². The van der Waals surface area contributed by atoms with Gasteiger partial charge in [-0.3, -0.25) is 4.79 Å². The summed E-state index contributed by atoms with van der Waals surface area (Å²) in [6, 6.07) is 11.4. The van der Waals surface area contributed by atoms with Crippen LogP contribution in [-0.4, -0.2) is 75.6 Å². The number of nitrogens with one attached hydrogen (secondary N) is 1. The molecule has 1 aliphatic heterocycles. The third-order valence-corrected chi connectivity index (χ3v) is 6.67. The lowest BCUT2D eigenvalue weighted by atomic mass is 9.88. The zero-order valence-corrected chi connectivity index (χ0v) is 20.6. The molecule has 5 atom stereocenters. The summed E-state index contributed by atoms with van der Waals surface area (Å²) in [6.07, 6.45) is -3.23. The highest BCUT2D eigenvalue weighted by Crippen LogP contribution is 2.38. The summed E-state index contributed by atoms with van der Waals surface area (Å²) >= 11 is 0. The quantitative estimate of drug-likeness (QED) is 0.219. The summed E-state index contributed by atoms with van der Waals surface area (Å²) < 4.78 is 5.64. The van der Waals surface area contributed by atoms with E-state index in [9.17, 15) is 30.3 Å². The van der Waals surface area contributed by atoms with Crippen LogP contribution in [0.25, 0.3) is 0 Å². The van der Waals surface area contributed by atoms with Gasteiger partial charge in [0.2, 0.25) is 5.91 Å². The van der Waals surface area contributed by atoms with Crippen LogP contribution < -0.4 is 11.1 Å². The Morgan fingerprint density at radius 2 is 1.72 bits per heavy atom. The zero-order chi connectivity index (χ0) is 26.2. The highest BCUT2D eigenvalue weighted by molar-refractivity contribution is 5.75. The van der Waals surface area contributed by atoms with E-state index in [1.165, 1.54) is 0 Å². The molecule has 0 radical (unpaired) electrons. The summed E-state index contributed by atoms with van der Waals surface area (Å²) in [7, 11) is 0. The summed E-state index contributed by atoms with van der Waals surface area (Å²) in [5, 5.41) is 53.6. The molecule has 1 fully saturated rings. The van der Waals surface area contributed by atoms with Gasteiger partial charge in [0.05, 0.1) is 6.61 Å². The second-order valence-electron chi connectivity index (χ2n) is 9.43. The smallest absolute Gasteiger partial charge is 0.220 e. The number of aliphatic hydroxyl groups is 4. The monoisotopic (exact) mass is 502 g/mol. The van der Waals surface area contributed by atoms with Crippen LogP contribution >= 0.6 is 0 Å².